The Morgan fingerprint density at radius 3 is 2.38 bits per heavy atom. The number of carbonyl (C=O) groups is 1. The molecule has 4 heteroatoms. The number of benzene rings is 1. The first-order chi connectivity index (χ1) is 11.7. The third-order valence-corrected chi connectivity index (χ3v) is 5.45. The Morgan fingerprint density at radius 1 is 1.04 bits per heavy atom. The van der Waals surface area contributed by atoms with Crippen molar-refractivity contribution in [1.82, 2.24) is 14.7 Å². The predicted octanol–water partition coefficient (Wildman–Crippen LogP) is 2.70. The molecule has 2 fully saturated rings. The summed E-state index contributed by atoms with van der Waals surface area (Å²) < 4.78 is 0. The van der Waals surface area contributed by atoms with Crippen LogP contribution in [0.1, 0.15) is 42.6 Å². The first kappa shape index (κ1) is 17.4. The molecule has 2 aliphatic heterocycles. The van der Waals surface area contributed by atoms with Crippen LogP contribution in [0.25, 0.3) is 0 Å². The fourth-order valence-corrected chi connectivity index (χ4v) is 3.89. The minimum atomic E-state index is 0.184. The zero-order chi connectivity index (χ0) is 16.9. The maximum atomic E-state index is 12.6. The van der Waals surface area contributed by atoms with E-state index in [1.807, 2.05) is 17.0 Å². The van der Waals surface area contributed by atoms with Gasteiger partial charge in [-0.25, -0.2) is 0 Å². The van der Waals surface area contributed by atoms with Gasteiger partial charge < -0.3 is 9.80 Å². The van der Waals surface area contributed by atoms with Crippen LogP contribution in [0, 0.1) is 5.92 Å². The second-order valence-electron chi connectivity index (χ2n) is 7.41. The molecule has 0 spiro atoms. The van der Waals surface area contributed by atoms with Crippen molar-refractivity contribution >= 4 is 5.91 Å². The fraction of sp³-hybridized carbons (Fsp3) is 0.650. The van der Waals surface area contributed by atoms with Crippen molar-refractivity contribution in [3.05, 3.63) is 35.4 Å². The summed E-state index contributed by atoms with van der Waals surface area (Å²) in [5, 5.41) is 0. The highest BCUT2D eigenvalue weighted by atomic mass is 16.2. The summed E-state index contributed by atoms with van der Waals surface area (Å²) in [7, 11) is 0. The second-order valence-corrected chi connectivity index (χ2v) is 7.41. The van der Waals surface area contributed by atoms with Gasteiger partial charge in [-0.15, -0.1) is 0 Å². The van der Waals surface area contributed by atoms with Crippen LogP contribution in [0.5, 0.6) is 0 Å². The maximum Gasteiger partial charge on any atom is 0.253 e. The lowest BCUT2D eigenvalue weighted by Gasteiger charge is -2.34. The number of hydrogen-bond acceptors (Lipinski definition) is 3. The van der Waals surface area contributed by atoms with E-state index in [1.165, 1.54) is 31.5 Å². The fourth-order valence-electron chi connectivity index (χ4n) is 3.89. The summed E-state index contributed by atoms with van der Waals surface area (Å²) in [6, 6.07) is 8.29. The third kappa shape index (κ3) is 4.37. The van der Waals surface area contributed by atoms with Gasteiger partial charge in [0, 0.05) is 44.8 Å². The van der Waals surface area contributed by atoms with Crippen LogP contribution in [0.4, 0.5) is 0 Å². The van der Waals surface area contributed by atoms with E-state index in [9.17, 15) is 4.79 Å². The SMILES string of the molecule is CCN1CCN(C(=O)c2ccc(CN3CCCC(C)C3)cc2)CC1. The maximum absolute atomic E-state index is 12.6. The van der Waals surface area contributed by atoms with Gasteiger partial charge in [-0.2, -0.15) is 0 Å². The minimum absolute atomic E-state index is 0.184. The van der Waals surface area contributed by atoms with Gasteiger partial charge in [0.05, 0.1) is 0 Å². The molecule has 4 nitrogen and oxygen atoms in total. The third-order valence-electron chi connectivity index (χ3n) is 5.45. The van der Waals surface area contributed by atoms with Crippen LogP contribution < -0.4 is 0 Å². The average Bonchev–Trinajstić information content (AvgIpc) is 2.62. The number of piperazine rings is 1. The van der Waals surface area contributed by atoms with Gasteiger partial charge in [-0.05, 0) is 49.5 Å². The molecule has 1 aromatic carbocycles. The number of likely N-dealkylation sites (tertiary alicyclic amines) is 1. The normalized spacial score (nSPS) is 23.4. The molecule has 1 amide bonds. The highest BCUT2D eigenvalue weighted by Gasteiger charge is 2.21. The van der Waals surface area contributed by atoms with Gasteiger partial charge >= 0.3 is 0 Å². The highest BCUT2D eigenvalue weighted by Crippen LogP contribution is 2.18. The Morgan fingerprint density at radius 2 is 1.75 bits per heavy atom. The average molecular weight is 329 g/mol. The minimum Gasteiger partial charge on any atom is -0.336 e. The second kappa shape index (κ2) is 8.13. The molecular weight excluding hydrogens is 298 g/mol. The number of piperidine rings is 1. The summed E-state index contributed by atoms with van der Waals surface area (Å²) in [6.45, 7) is 12.7. The largest absolute Gasteiger partial charge is 0.336 e. The molecular formula is C20H31N3O. The Labute approximate surface area is 146 Å². The topological polar surface area (TPSA) is 26.8 Å². The molecule has 0 aliphatic carbocycles. The standard InChI is InChI=1S/C20H31N3O/c1-3-21-11-13-23(14-12-21)20(24)19-8-6-18(7-9-19)16-22-10-4-5-17(2)15-22/h6-9,17H,3-5,10-16H2,1-2H3. The number of nitrogens with zero attached hydrogens (tertiary/aromatic N) is 3. The summed E-state index contributed by atoms with van der Waals surface area (Å²) in [4.78, 5) is 19.6. The lowest BCUT2D eigenvalue weighted by molar-refractivity contribution is 0.0643. The van der Waals surface area contributed by atoms with Crippen LogP contribution in [0.3, 0.4) is 0 Å². The first-order valence-electron chi connectivity index (χ1n) is 9.48. The van der Waals surface area contributed by atoms with Crippen molar-refractivity contribution in [1.29, 1.82) is 0 Å². The molecule has 0 bridgehead atoms. The number of likely N-dealkylation sites (N-methyl/N-ethyl adjacent to an activating group) is 1. The van der Waals surface area contributed by atoms with Crippen LogP contribution in [0.2, 0.25) is 0 Å². The lowest BCUT2D eigenvalue weighted by Crippen LogP contribution is -2.48. The zero-order valence-electron chi connectivity index (χ0n) is 15.2. The van der Waals surface area contributed by atoms with E-state index in [2.05, 4.69) is 35.8 Å². The van der Waals surface area contributed by atoms with Crippen molar-refractivity contribution in [2.45, 2.75) is 33.2 Å². The molecule has 0 saturated carbocycles. The Hall–Kier alpha value is -1.39. The molecule has 132 valence electrons. The number of hydrogen-bond donors (Lipinski definition) is 0. The molecule has 0 radical (unpaired) electrons. The van der Waals surface area contributed by atoms with Crippen LogP contribution in [0.15, 0.2) is 24.3 Å². The van der Waals surface area contributed by atoms with Crippen LogP contribution in [-0.2, 0) is 6.54 Å². The summed E-state index contributed by atoms with van der Waals surface area (Å²) >= 11 is 0. The smallest absolute Gasteiger partial charge is 0.253 e. The van der Waals surface area contributed by atoms with Gasteiger partial charge in [-0.3, -0.25) is 9.69 Å². The van der Waals surface area contributed by atoms with E-state index in [0.717, 1.165) is 50.7 Å². The van der Waals surface area contributed by atoms with Crippen molar-refractivity contribution in [3.8, 4) is 0 Å². The van der Waals surface area contributed by atoms with Crippen molar-refractivity contribution < 1.29 is 4.79 Å². The van der Waals surface area contributed by atoms with Crippen molar-refractivity contribution in [2.24, 2.45) is 5.92 Å². The summed E-state index contributed by atoms with van der Waals surface area (Å²) in [6.07, 6.45) is 2.66. The van der Waals surface area contributed by atoms with Gasteiger partial charge in [0.1, 0.15) is 0 Å². The Bertz CT molecular complexity index is 534. The van der Waals surface area contributed by atoms with Crippen molar-refractivity contribution in [3.63, 3.8) is 0 Å². The van der Waals surface area contributed by atoms with E-state index in [-0.39, 0.29) is 5.91 Å². The van der Waals surface area contributed by atoms with Crippen molar-refractivity contribution in [2.75, 3.05) is 45.8 Å². The van der Waals surface area contributed by atoms with Crippen LogP contribution in [-0.4, -0.2) is 66.4 Å². The Kier molecular flexibility index (Phi) is 5.90. The predicted molar refractivity (Wildman–Crippen MR) is 98.1 cm³/mol. The van der Waals surface area contributed by atoms with Crippen LogP contribution >= 0.6 is 0 Å². The van der Waals surface area contributed by atoms with Gasteiger partial charge in [0.2, 0.25) is 0 Å². The van der Waals surface area contributed by atoms with Gasteiger partial charge in [0.15, 0.2) is 0 Å². The summed E-state index contributed by atoms with van der Waals surface area (Å²) in [5.74, 6) is 0.991. The van der Waals surface area contributed by atoms with Gasteiger partial charge in [0.25, 0.3) is 5.91 Å². The Balaban J connectivity index is 1.55. The molecule has 0 N–H and O–H groups in total. The van der Waals surface area contributed by atoms with E-state index in [0.29, 0.717) is 0 Å². The monoisotopic (exact) mass is 329 g/mol. The molecule has 0 aromatic heterocycles. The molecule has 1 atom stereocenters. The van der Waals surface area contributed by atoms with E-state index in [4.69, 9.17) is 0 Å². The number of amides is 1. The van der Waals surface area contributed by atoms with E-state index >= 15 is 0 Å². The number of rotatable bonds is 4. The molecule has 1 aromatic rings. The van der Waals surface area contributed by atoms with E-state index in [1.54, 1.807) is 0 Å². The van der Waals surface area contributed by atoms with Gasteiger partial charge in [-0.1, -0.05) is 26.0 Å². The highest BCUT2D eigenvalue weighted by molar-refractivity contribution is 5.94. The molecule has 2 saturated heterocycles. The quantitative estimate of drug-likeness (QED) is 0.850. The number of carbonyl (C=O) groups excluding carboxylic acids is 1. The summed E-state index contributed by atoms with van der Waals surface area (Å²) in [5.41, 5.74) is 2.15. The molecule has 2 heterocycles. The molecule has 3 rings (SSSR count). The lowest BCUT2D eigenvalue weighted by atomic mass is 9.99. The molecule has 2 aliphatic rings. The van der Waals surface area contributed by atoms with E-state index < -0.39 is 0 Å². The molecule has 1 unspecified atom stereocenters. The molecule has 24 heavy (non-hydrogen) atoms. The first-order valence-corrected chi connectivity index (χ1v) is 9.48. The zero-order valence-corrected chi connectivity index (χ0v) is 15.2.